The van der Waals surface area contributed by atoms with Crippen LogP contribution in [0.1, 0.15) is 48.8 Å². The summed E-state index contributed by atoms with van der Waals surface area (Å²) in [4.78, 5) is 23.7. The van der Waals surface area contributed by atoms with E-state index in [1.807, 2.05) is 32.0 Å². The van der Waals surface area contributed by atoms with E-state index >= 15 is 0 Å². The number of rotatable bonds is 6. The molecule has 1 fully saturated rings. The van der Waals surface area contributed by atoms with Gasteiger partial charge in [0.15, 0.2) is 6.61 Å². The Morgan fingerprint density at radius 2 is 1.85 bits per heavy atom. The molecular formula is C21H26N2O4. The van der Waals surface area contributed by atoms with Gasteiger partial charge in [0.05, 0.1) is 7.11 Å². The van der Waals surface area contributed by atoms with E-state index in [4.69, 9.17) is 4.74 Å². The van der Waals surface area contributed by atoms with E-state index in [2.05, 4.69) is 10.1 Å². The topological polar surface area (TPSA) is 88.4 Å². The van der Waals surface area contributed by atoms with E-state index < -0.39 is 5.97 Å². The van der Waals surface area contributed by atoms with Crippen LogP contribution in [0.5, 0.6) is 5.75 Å². The molecule has 2 rings (SSSR count). The molecule has 0 radical (unpaired) electrons. The third kappa shape index (κ3) is 5.85. The van der Waals surface area contributed by atoms with Crippen molar-refractivity contribution in [2.45, 2.75) is 52.0 Å². The zero-order chi connectivity index (χ0) is 19.8. The molecular weight excluding hydrogens is 344 g/mol. The van der Waals surface area contributed by atoms with Gasteiger partial charge in [-0.25, -0.2) is 4.79 Å². The Morgan fingerprint density at radius 1 is 1.22 bits per heavy atom. The van der Waals surface area contributed by atoms with Crippen LogP contribution in [-0.2, 0) is 14.3 Å². The summed E-state index contributed by atoms with van der Waals surface area (Å²) in [5.41, 5.74) is 2.46. The minimum atomic E-state index is -0.455. The van der Waals surface area contributed by atoms with E-state index in [-0.39, 0.29) is 24.1 Å². The largest absolute Gasteiger partial charge is 0.481 e. The van der Waals surface area contributed by atoms with E-state index in [9.17, 15) is 14.9 Å². The van der Waals surface area contributed by atoms with E-state index in [1.165, 1.54) is 13.5 Å². The summed E-state index contributed by atoms with van der Waals surface area (Å²) in [6.45, 7) is 3.54. The van der Waals surface area contributed by atoms with Crippen molar-refractivity contribution in [3.63, 3.8) is 0 Å². The number of ether oxygens (including phenoxy) is 2. The average Bonchev–Trinajstić information content (AvgIpc) is 2.65. The van der Waals surface area contributed by atoms with Crippen molar-refractivity contribution in [3.8, 4) is 11.8 Å². The Bertz CT molecular complexity index is 748. The predicted molar refractivity (Wildman–Crippen MR) is 102 cm³/mol. The first kappa shape index (κ1) is 20.5. The van der Waals surface area contributed by atoms with Crippen LogP contribution in [0.25, 0.3) is 6.08 Å². The highest BCUT2D eigenvalue weighted by atomic mass is 16.6. The van der Waals surface area contributed by atoms with Crippen LogP contribution in [0, 0.1) is 25.2 Å². The fourth-order valence-electron chi connectivity index (χ4n) is 3.31. The fourth-order valence-corrected chi connectivity index (χ4v) is 3.31. The molecule has 1 aromatic carbocycles. The molecule has 0 atom stereocenters. The molecule has 6 heteroatoms. The lowest BCUT2D eigenvalue weighted by Gasteiger charge is -2.22. The summed E-state index contributed by atoms with van der Waals surface area (Å²) < 4.78 is 10.1. The van der Waals surface area contributed by atoms with Gasteiger partial charge >= 0.3 is 5.97 Å². The van der Waals surface area contributed by atoms with Gasteiger partial charge in [0.1, 0.15) is 17.4 Å². The highest BCUT2D eigenvalue weighted by Crippen LogP contribution is 2.26. The molecule has 1 aliphatic rings. The minimum absolute atomic E-state index is 0.0857. The lowest BCUT2D eigenvalue weighted by molar-refractivity contribution is -0.142. The Balaban J connectivity index is 2.14. The molecule has 1 aromatic rings. The summed E-state index contributed by atoms with van der Waals surface area (Å²) in [7, 11) is 1.31. The van der Waals surface area contributed by atoms with Gasteiger partial charge in [-0.1, -0.05) is 19.3 Å². The van der Waals surface area contributed by atoms with E-state index in [0.29, 0.717) is 5.75 Å². The summed E-state index contributed by atoms with van der Waals surface area (Å²) in [5.74, 6) is -0.183. The van der Waals surface area contributed by atoms with Crippen molar-refractivity contribution in [3.05, 3.63) is 34.4 Å². The summed E-state index contributed by atoms with van der Waals surface area (Å²) >= 11 is 0. The molecule has 0 saturated heterocycles. The highest BCUT2D eigenvalue weighted by Gasteiger charge is 2.18. The van der Waals surface area contributed by atoms with Gasteiger partial charge < -0.3 is 14.8 Å². The molecule has 27 heavy (non-hydrogen) atoms. The van der Waals surface area contributed by atoms with Crippen LogP contribution in [0.2, 0.25) is 0 Å². The second-order valence-corrected chi connectivity index (χ2v) is 6.83. The average molecular weight is 370 g/mol. The fraction of sp³-hybridized carbons (Fsp3) is 0.476. The van der Waals surface area contributed by atoms with Crippen LogP contribution >= 0.6 is 0 Å². The maximum atomic E-state index is 12.4. The van der Waals surface area contributed by atoms with Crippen molar-refractivity contribution in [2.75, 3.05) is 13.7 Å². The van der Waals surface area contributed by atoms with Gasteiger partial charge in [0, 0.05) is 6.04 Å². The van der Waals surface area contributed by atoms with E-state index in [1.54, 1.807) is 6.08 Å². The van der Waals surface area contributed by atoms with Crippen molar-refractivity contribution < 1.29 is 19.1 Å². The SMILES string of the molecule is COC(=O)COc1c(C)cc(/C=C(/C#N)C(=O)NC2CCCCC2)cc1C. The zero-order valence-electron chi connectivity index (χ0n) is 16.1. The first-order valence-corrected chi connectivity index (χ1v) is 9.18. The molecule has 0 aliphatic heterocycles. The highest BCUT2D eigenvalue weighted by molar-refractivity contribution is 6.01. The van der Waals surface area contributed by atoms with Crippen LogP contribution in [0.3, 0.4) is 0 Å². The minimum Gasteiger partial charge on any atom is -0.481 e. The lowest BCUT2D eigenvalue weighted by Crippen LogP contribution is -2.36. The Labute approximate surface area is 160 Å². The molecule has 6 nitrogen and oxygen atoms in total. The summed E-state index contributed by atoms with van der Waals surface area (Å²) in [6.07, 6.45) is 6.95. The molecule has 1 saturated carbocycles. The maximum absolute atomic E-state index is 12.4. The first-order valence-electron chi connectivity index (χ1n) is 9.18. The third-order valence-electron chi connectivity index (χ3n) is 4.66. The van der Waals surface area contributed by atoms with Gasteiger partial charge in [-0.15, -0.1) is 0 Å². The standard InChI is InChI=1S/C21H26N2O4/c1-14-9-16(10-15(2)20(14)27-13-19(24)26-3)11-17(12-22)21(25)23-18-7-5-4-6-8-18/h9-11,18H,4-8,13H2,1-3H3,(H,23,25)/b17-11-. The number of esters is 1. The number of amides is 1. The Hall–Kier alpha value is -2.81. The summed E-state index contributed by atoms with van der Waals surface area (Å²) in [5, 5.41) is 12.4. The molecule has 0 bridgehead atoms. The molecule has 0 heterocycles. The molecule has 0 unspecified atom stereocenters. The number of nitriles is 1. The van der Waals surface area contributed by atoms with Crippen LogP contribution in [0.15, 0.2) is 17.7 Å². The second-order valence-electron chi connectivity index (χ2n) is 6.83. The quantitative estimate of drug-likeness (QED) is 0.472. The number of nitrogens with one attached hydrogen (secondary N) is 1. The Kier molecular flexibility index (Phi) is 7.42. The number of methoxy groups -OCH3 is 1. The van der Waals surface area contributed by atoms with Crippen LogP contribution in [-0.4, -0.2) is 31.6 Å². The molecule has 1 N–H and O–H groups in total. The molecule has 144 valence electrons. The number of carbonyl (C=O) groups is 2. The van der Waals surface area contributed by atoms with Gasteiger partial charge in [0.25, 0.3) is 5.91 Å². The molecule has 1 aliphatic carbocycles. The lowest BCUT2D eigenvalue weighted by atomic mass is 9.95. The van der Waals surface area contributed by atoms with Crippen LogP contribution in [0.4, 0.5) is 0 Å². The third-order valence-corrected chi connectivity index (χ3v) is 4.66. The number of nitrogens with zero attached hydrogens (tertiary/aromatic N) is 1. The number of aryl methyl sites for hydroxylation is 2. The van der Waals surface area contributed by atoms with Gasteiger partial charge in [-0.2, -0.15) is 5.26 Å². The van der Waals surface area contributed by atoms with E-state index in [0.717, 1.165) is 42.4 Å². The van der Waals surface area contributed by atoms with Crippen molar-refractivity contribution in [2.24, 2.45) is 0 Å². The molecule has 0 spiro atoms. The molecule has 0 aromatic heterocycles. The normalized spacial score (nSPS) is 15.0. The number of hydrogen-bond acceptors (Lipinski definition) is 5. The predicted octanol–water partition coefficient (Wildman–Crippen LogP) is 3.21. The van der Waals surface area contributed by atoms with Gasteiger partial charge in [-0.05, 0) is 61.6 Å². The van der Waals surface area contributed by atoms with Crippen molar-refractivity contribution in [1.29, 1.82) is 5.26 Å². The van der Waals surface area contributed by atoms with Gasteiger partial charge in [-0.3, -0.25) is 4.79 Å². The number of carbonyl (C=O) groups excluding carboxylic acids is 2. The monoisotopic (exact) mass is 370 g/mol. The zero-order valence-corrected chi connectivity index (χ0v) is 16.1. The number of hydrogen-bond donors (Lipinski definition) is 1. The van der Waals surface area contributed by atoms with Crippen molar-refractivity contribution >= 4 is 18.0 Å². The smallest absolute Gasteiger partial charge is 0.343 e. The second kappa shape index (κ2) is 9.77. The molecule has 1 amide bonds. The summed E-state index contributed by atoms with van der Waals surface area (Å²) in [6, 6.07) is 5.80. The number of benzene rings is 1. The first-order chi connectivity index (χ1) is 12.9. The Morgan fingerprint density at radius 3 is 2.41 bits per heavy atom. The van der Waals surface area contributed by atoms with Crippen molar-refractivity contribution in [1.82, 2.24) is 5.32 Å². The maximum Gasteiger partial charge on any atom is 0.343 e. The van der Waals surface area contributed by atoms with Gasteiger partial charge in [0.2, 0.25) is 0 Å². The van der Waals surface area contributed by atoms with Crippen LogP contribution < -0.4 is 10.1 Å².